The lowest BCUT2D eigenvalue weighted by Crippen LogP contribution is -2.23. The average molecular weight is 145 g/mol. The van der Waals surface area contributed by atoms with Crippen LogP contribution in [0.4, 0.5) is 0 Å². The highest BCUT2D eigenvalue weighted by Crippen LogP contribution is 2.16. The van der Waals surface area contributed by atoms with Gasteiger partial charge in [-0.1, -0.05) is 20.8 Å². The Morgan fingerprint density at radius 3 is 2.20 bits per heavy atom. The summed E-state index contributed by atoms with van der Waals surface area (Å²) in [6.45, 7) is 8.61. The van der Waals surface area contributed by atoms with E-state index in [0.29, 0.717) is 5.41 Å². The minimum atomic E-state index is 0.240. The first-order valence-electron chi connectivity index (χ1n) is 3.88. The van der Waals surface area contributed by atoms with Crippen LogP contribution < -0.4 is 5.32 Å². The molecule has 0 radical (unpaired) electrons. The Labute approximate surface area is 63.6 Å². The molecule has 0 rings (SSSR count). The molecule has 0 heterocycles. The maximum Gasteiger partial charge on any atom is 0.0555 e. The largest absolute Gasteiger partial charge is 0.395 e. The first kappa shape index (κ1) is 9.92. The predicted molar refractivity (Wildman–Crippen MR) is 44.0 cm³/mol. The standard InChI is InChI=1S/C8H19NO/c1-8(2,3)4-5-9-6-7-10/h9-10H,4-7H2,1-3H3. The normalized spacial score (nSPS) is 12.0. The van der Waals surface area contributed by atoms with E-state index in [4.69, 9.17) is 5.11 Å². The Kier molecular flexibility index (Phi) is 4.65. The number of nitrogens with one attached hydrogen (secondary N) is 1. The number of hydrogen-bond donors (Lipinski definition) is 2. The topological polar surface area (TPSA) is 32.3 Å². The quantitative estimate of drug-likeness (QED) is 0.578. The summed E-state index contributed by atoms with van der Waals surface area (Å²) in [6.07, 6.45) is 1.16. The van der Waals surface area contributed by atoms with Crippen molar-refractivity contribution < 1.29 is 5.11 Å². The summed E-state index contributed by atoms with van der Waals surface area (Å²) in [4.78, 5) is 0. The molecule has 0 aliphatic carbocycles. The molecule has 0 unspecified atom stereocenters. The van der Waals surface area contributed by atoms with Crippen molar-refractivity contribution >= 4 is 0 Å². The third-order valence-electron chi connectivity index (χ3n) is 1.34. The van der Waals surface area contributed by atoms with E-state index < -0.39 is 0 Å². The summed E-state index contributed by atoms with van der Waals surface area (Å²) in [5.74, 6) is 0. The molecule has 0 aromatic heterocycles. The zero-order valence-corrected chi connectivity index (χ0v) is 7.28. The molecule has 0 atom stereocenters. The van der Waals surface area contributed by atoms with Gasteiger partial charge in [0.15, 0.2) is 0 Å². The van der Waals surface area contributed by atoms with Crippen molar-refractivity contribution in [2.24, 2.45) is 5.41 Å². The second-order valence-corrected chi connectivity index (χ2v) is 3.78. The van der Waals surface area contributed by atoms with Gasteiger partial charge in [0.05, 0.1) is 6.61 Å². The summed E-state index contributed by atoms with van der Waals surface area (Å²) in [6, 6.07) is 0. The summed E-state index contributed by atoms with van der Waals surface area (Å²) >= 11 is 0. The zero-order valence-electron chi connectivity index (χ0n) is 7.28. The minimum Gasteiger partial charge on any atom is -0.395 e. The van der Waals surface area contributed by atoms with E-state index in [1.165, 1.54) is 0 Å². The summed E-state index contributed by atoms with van der Waals surface area (Å²) in [5, 5.41) is 11.6. The molecule has 10 heavy (non-hydrogen) atoms. The molecule has 0 spiro atoms. The van der Waals surface area contributed by atoms with Gasteiger partial charge in [-0.2, -0.15) is 0 Å². The molecule has 0 bridgehead atoms. The molecule has 2 N–H and O–H groups in total. The lowest BCUT2D eigenvalue weighted by molar-refractivity contribution is 0.285. The Morgan fingerprint density at radius 1 is 1.20 bits per heavy atom. The fraction of sp³-hybridized carbons (Fsp3) is 1.00. The average Bonchev–Trinajstić information content (AvgIpc) is 1.78. The molecule has 2 nitrogen and oxygen atoms in total. The van der Waals surface area contributed by atoms with Crippen LogP contribution in [0.1, 0.15) is 27.2 Å². The summed E-state index contributed by atoms with van der Waals surface area (Å²) in [5.41, 5.74) is 0.405. The molecule has 2 heteroatoms. The number of aliphatic hydroxyl groups excluding tert-OH is 1. The smallest absolute Gasteiger partial charge is 0.0555 e. The molecular formula is C8H19NO. The maximum absolute atomic E-state index is 8.43. The highest BCUT2D eigenvalue weighted by molar-refractivity contribution is 4.62. The second-order valence-electron chi connectivity index (χ2n) is 3.78. The summed E-state index contributed by atoms with van der Waals surface area (Å²) < 4.78 is 0. The van der Waals surface area contributed by atoms with Crippen molar-refractivity contribution in [3.63, 3.8) is 0 Å². The van der Waals surface area contributed by atoms with Crippen LogP contribution in [0.3, 0.4) is 0 Å². The van der Waals surface area contributed by atoms with Crippen molar-refractivity contribution in [2.75, 3.05) is 19.7 Å². The number of aliphatic hydroxyl groups is 1. The Bertz CT molecular complexity index is 75.8. The van der Waals surface area contributed by atoms with Crippen molar-refractivity contribution in [3.8, 4) is 0 Å². The van der Waals surface area contributed by atoms with Crippen molar-refractivity contribution in [1.82, 2.24) is 5.32 Å². The molecular weight excluding hydrogens is 126 g/mol. The predicted octanol–water partition coefficient (Wildman–Crippen LogP) is 1.00. The van der Waals surface area contributed by atoms with E-state index >= 15 is 0 Å². The zero-order chi connectivity index (χ0) is 8.04. The molecule has 0 saturated heterocycles. The van der Waals surface area contributed by atoms with E-state index in [1.54, 1.807) is 0 Å². The molecule has 0 saturated carbocycles. The van der Waals surface area contributed by atoms with Gasteiger partial charge in [0.2, 0.25) is 0 Å². The van der Waals surface area contributed by atoms with E-state index in [1.807, 2.05) is 0 Å². The van der Waals surface area contributed by atoms with Gasteiger partial charge in [0.25, 0.3) is 0 Å². The van der Waals surface area contributed by atoms with Crippen LogP contribution in [0.2, 0.25) is 0 Å². The van der Waals surface area contributed by atoms with Gasteiger partial charge < -0.3 is 10.4 Å². The Hall–Kier alpha value is -0.0800. The van der Waals surface area contributed by atoms with Crippen LogP contribution in [0, 0.1) is 5.41 Å². The highest BCUT2D eigenvalue weighted by atomic mass is 16.3. The molecule has 0 aliphatic rings. The van der Waals surface area contributed by atoms with E-state index in [2.05, 4.69) is 26.1 Å². The fourth-order valence-electron chi connectivity index (χ4n) is 0.667. The summed E-state index contributed by atoms with van der Waals surface area (Å²) in [7, 11) is 0. The Balaban J connectivity index is 3.04. The van der Waals surface area contributed by atoms with Crippen LogP contribution in [0.5, 0.6) is 0 Å². The lowest BCUT2D eigenvalue weighted by Gasteiger charge is -2.17. The minimum absolute atomic E-state index is 0.240. The van der Waals surface area contributed by atoms with Gasteiger partial charge in [0, 0.05) is 6.54 Å². The number of rotatable bonds is 4. The van der Waals surface area contributed by atoms with Gasteiger partial charge in [-0.05, 0) is 18.4 Å². The van der Waals surface area contributed by atoms with Gasteiger partial charge in [-0.25, -0.2) is 0 Å². The first-order chi connectivity index (χ1) is 4.56. The van der Waals surface area contributed by atoms with Gasteiger partial charge >= 0.3 is 0 Å². The molecule has 0 aromatic carbocycles. The van der Waals surface area contributed by atoms with Crippen LogP contribution in [-0.2, 0) is 0 Å². The highest BCUT2D eigenvalue weighted by Gasteiger charge is 2.07. The first-order valence-corrected chi connectivity index (χ1v) is 3.88. The van der Waals surface area contributed by atoms with Gasteiger partial charge in [-0.3, -0.25) is 0 Å². The Morgan fingerprint density at radius 2 is 1.80 bits per heavy atom. The third-order valence-corrected chi connectivity index (χ3v) is 1.34. The molecule has 62 valence electrons. The van der Waals surface area contributed by atoms with Crippen molar-refractivity contribution in [2.45, 2.75) is 27.2 Å². The molecule has 0 amide bonds. The molecule has 0 aromatic rings. The fourth-order valence-corrected chi connectivity index (χ4v) is 0.667. The monoisotopic (exact) mass is 145 g/mol. The third kappa shape index (κ3) is 7.92. The van der Waals surface area contributed by atoms with Crippen LogP contribution in [0.15, 0.2) is 0 Å². The van der Waals surface area contributed by atoms with Gasteiger partial charge in [-0.15, -0.1) is 0 Å². The number of hydrogen-bond acceptors (Lipinski definition) is 2. The van der Waals surface area contributed by atoms with Crippen molar-refractivity contribution in [3.05, 3.63) is 0 Å². The molecule has 0 fully saturated rings. The van der Waals surface area contributed by atoms with Crippen LogP contribution >= 0.6 is 0 Å². The SMILES string of the molecule is CC(C)(C)CCNCCO. The molecule has 0 aliphatic heterocycles. The lowest BCUT2D eigenvalue weighted by atomic mass is 9.92. The van der Waals surface area contributed by atoms with Crippen molar-refractivity contribution in [1.29, 1.82) is 0 Å². The van der Waals surface area contributed by atoms with E-state index in [-0.39, 0.29) is 6.61 Å². The van der Waals surface area contributed by atoms with E-state index in [0.717, 1.165) is 19.5 Å². The van der Waals surface area contributed by atoms with Crippen LogP contribution in [0.25, 0.3) is 0 Å². The van der Waals surface area contributed by atoms with E-state index in [9.17, 15) is 0 Å². The second kappa shape index (κ2) is 4.69. The van der Waals surface area contributed by atoms with Crippen LogP contribution in [-0.4, -0.2) is 24.8 Å². The van der Waals surface area contributed by atoms with Gasteiger partial charge in [0.1, 0.15) is 0 Å². The maximum atomic E-state index is 8.43.